The van der Waals surface area contributed by atoms with Crippen LogP contribution in [0.5, 0.6) is 5.75 Å². The predicted molar refractivity (Wildman–Crippen MR) is 87.0 cm³/mol. The fourth-order valence-corrected chi connectivity index (χ4v) is 1.73. The van der Waals surface area contributed by atoms with Gasteiger partial charge in [-0.3, -0.25) is 9.59 Å². The van der Waals surface area contributed by atoms with Gasteiger partial charge in [-0.2, -0.15) is 5.10 Å². The van der Waals surface area contributed by atoms with Gasteiger partial charge >= 0.3 is 0 Å². The fourth-order valence-electron chi connectivity index (χ4n) is 1.73. The van der Waals surface area contributed by atoms with Crippen molar-refractivity contribution in [1.82, 2.24) is 5.43 Å². The molecule has 0 bridgehead atoms. The SMILES string of the molecule is CCCCC(=O)NN=C(C)CC(=O)Nc1cccc(OC)c1. The summed E-state index contributed by atoms with van der Waals surface area (Å²) in [5.74, 6) is 0.345. The lowest BCUT2D eigenvalue weighted by atomic mass is 10.2. The number of hydrazone groups is 1. The van der Waals surface area contributed by atoms with Gasteiger partial charge < -0.3 is 10.1 Å². The number of anilines is 1. The maximum atomic E-state index is 11.9. The molecule has 1 aromatic carbocycles. The van der Waals surface area contributed by atoms with E-state index in [4.69, 9.17) is 4.74 Å². The number of nitrogens with one attached hydrogen (secondary N) is 2. The zero-order chi connectivity index (χ0) is 16.4. The van der Waals surface area contributed by atoms with Crippen LogP contribution in [0.1, 0.15) is 39.5 Å². The Labute approximate surface area is 130 Å². The third-order valence-corrected chi connectivity index (χ3v) is 2.90. The Kier molecular flexibility index (Phi) is 7.67. The van der Waals surface area contributed by atoms with E-state index in [0.717, 1.165) is 12.8 Å². The van der Waals surface area contributed by atoms with Crippen LogP contribution in [0.3, 0.4) is 0 Å². The van der Waals surface area contributed by atoms with Crippen LogP contribution in [0, 0.1) is 0 Å². The summed E-state index contributed by atoms with van der Waals surface area (Å²) in [5.41, 5.74) is 3.66. The molecule has 1 aromatic rings. The monoisotopic (exact) mass is 305 g/mol. The number of benzene rings is 1. The van der Waals surface area contributed by atoms with Gasteiger partial charge in [0.15, 0.2) is 0 Å². The molecule has 0 saturated carbocycles. The quantitative estimate of drug-likeness (QED) is 0.572. The number of carbonyl (C=O) groups excluding carboxylic acids is 2. The summed E-state index contributed by atoms with van der Waals surface area (Å²) in [6.07, 6.45) is 2.35. The Morgan fingerprint density at radius 2 is 2.05 bits per heavy atom. The normalized spacial score (nSPS) is 11.0. The minimum Gasteiger partial charge on any atom is -0.497 e. The van der Waals surface area contributed by atoms with Crippen molar-refractivity contribution < 1.29 is 14.3 Å². The Hall–Kier alpha value is -2.37. The first-order valence-electron chi connectivity index (χ1n) is 7.31. The summed E-state index contributed by atoms with van der Waals surface area (Å²) in [4.78, 5) is 23.3. The number of hydrogen-bond acceptors (Lipinski definition) is 4. The molecule has 0 saturated heterocycles. The lowest BCUT2D eigenvalue weighted by Gasteiger charge is -2.07. The van der Waals surface area contributed by atoms with E-state index in [2.05, 4.69) is 15.8 Å². The molecule has 0 aromatic heterocycles. The number of hydrogen-bond donors (Lipinski definition) is 2. The third-order valence-electron chi connectivity index (χ3n) is 2.90. The lowest BCUT2D eigenvalue weighted by Crippen LogP contribution is -2.21. The number of nitrogens with zero attached hydrogens (tertiary/aromatic N) is 1. The highest BCUT2D eigenvalue weighted by Crippen LogP contribution is 2.16. The molecule has 0 unspecified atom stereocenters. The van der Waals surface area contributed by atoms with Crippen molar-refractivity contribution in [3.63, 3.8) is 0 Å². The molecular weight excluding hydrogens is 282 g/mol. The molecule has 0 heterocycles. The first-order valence-corrected chi connectivity index (χ1v) is 7.31. The van der Waals surface area contributed by atoms with Gasteiger partial charge in [0.1, 0.15) is 5.75 Å². The molecule has 6 nitrogen and oxygen atoms in total. The van der Waals surface area contributed by atoms with Crippen molar-refractivity contribution in [2.24, 2.45) is 5.10 Å². The highest BCUT2D eigenvalue weighted by atomic mass is 16.5. The average molecular weight is 305 g/mol. The maximum absolute atomic E-state index is 11.9. The molecule has 6 heteroatoms. The second-order valence-electron chi connectivity index (χ2n) is 4.94. The van der Waals surface area contributed by atoms with E-state index in [1.165, 1.54) is 0 Å². The van der Waals surface area contributed by atoms with Crippen molar-refractivity contribution in [1.29, 1.82) is 0 Å². The van der Waals surface area contributed by atoms with Crippen LogP contribution >= 0.6 is 0 Å². The topological polar surface area (TPSA) is 79.8 Å². The largest absolute Gasteiger partial charge is 0.497 e. The number of carbonyl (C=O) groups is 2. The van der Waals surface area contributed by atoms with Crippen molar-refractivity contribution in [2.45, 2.75) is 39.5 Å². The van der Waals surface area contributed by atoms with Crippen LogP contribution in [0.2, 0.25) is 0 Å². The van der Waals surface area contributed by atoms with Gasteiger partial charge in [-0.05, 0) is 25.5 Å². The fraction of sp³-hybridized carbons (Fsp3) is 0.438. The molecule has 2 N–H and O–H groups in total. The van der Waals surface area contributed by atoms with E-state index >= 15 is 0 Å². The lowest BCUT2D eigenvalue weighted by molar-refractivity contribution is -0.121. The van der Waals surface area contributed by atoms with Crippen molar-refractivity contribution in [2.75, 3.05) is 12.4 Å². The molecule has 0 aliphatic rings. The second-order valence-corrected chi connectivity index (χ2v) is 4.94. The Morgan fingerprint density at radius 3 is 2.73 bits per heavy atom. The van der Waals surface area contributed by atoms with E-state index in [-0.39, 0.29) is 18.2 Å². The van der Waals surface area contributed by atoms with Gasteiger partial charge in [-0.15, -0.1) is 0 Å². The van der Waals surface area contributed by atoms with E-state index < -0.39 is 0 Å². The number of ether oxygens (including phenoxy) is 1. The van der Waals surface area contributed by atoms with Crippen molar-refractivity contribution in [3.05, 3.63) is 24.3 Å². The summed E-state index contributed by atoms with van der Waals surface area (Å²) >= 11 is 0. The number of rotatable bonds is 8. The maximum Gasteiger partial charge on any atom is 0.240 e. The summed E-state index contributed by atoms with van der Waals surface area (Å²) < 4.78 is 5.09. The van der Waals surface area contributed by atoms with Crippen LogP contribution in [0.25, 0.3) is 0 Å². The molecule has 120 valence electrons. The van der Waals surface area contributed by atoms with E-state index in [1.54, 1.807) is 38.3 Å². The molecule has 0 atom stereocenters. The number of unbranched alkanes of at least 4 members (excludes halogenated alkanes) is 1. The molecule has 22 heavy (non-hydrogen) atoms. The number of methoxy groups -OCH3 is 1. The minimum atomic E-state index is -0.197. The second kappa shape index (κ2) is 9.55. The van der Waals surface area contributed by atoms with Gasteiger partial charge in [0, 0.05) is 23.9 Å². The number of amides is 2. The van der Waals surface area contributed by atoms with Crippen LogP contribution in [0.15, 0.2) is 29.4 Å². The molecule has 0 radical (unpaired) electrons. The zero-order valence-corrected chi connectivity index (χ0v) is 13.3. The van der Waals surface area contributed by atoms with Crippen LogP contribution in [0.4, 0.5) is 5.69 Å². The van der Waals surface area contributed by atoms with Gasteiger partial charge in [0.25, 0.3) is 0 Å². The van der Waals surface area contributed by atoms with Crippen LogP contribution < -0.4 is 15.5 Å². The molecule has 1 rings (SSSR count). The average Bonchev–Trinajstić information content (AvgIpc) is 2.50. The zero-order valence-electron chi connectivity index (χ0n) is 13.3. The highest BCUT2D eigenvalue weighted by Gasteiger charge is 2.06. The Balaban J connectivity index is 2.44. The van der Waals surface area contributed by atoms with E-state index in [0.29, 0.717) is 23.6 Å². The standard InChI is InChI=1S/C16H23N3O3/c1-4-5-9-15(20)19-18-12(2)10-16(21)17-13-7-6-8-14(11-13)22-3/h6-8,11H,4-5,9-10H2,1-3H3,(H,17,21)(H,19,20). The van der Waals surface area contributed by atoms with Gasteiger partial charge in [0.05, 0.1) is 13.5 Å². The van der Waals surface area contributed by atoms with Gasteiger partial charge in [-0.25, -0.2) is 5.43 Å². The van der Waals surface area contributed by atoms with E-state index in [9.17, 15) is 9.59 Å². The van der Waals surface area contributed by atoms with E-state index in [1.807, 2.05) is 6.92 Å². The van der Waals surface area contributed by atoms with Crippen molar-refractivity contribution >= 4 is 23.2 Å². The van der Waals surface area contributed by atoms with Crippen molar-refractivity contribution in [3.8, 4) is 5.75 Å². The molecule has 0 fully saturated rings. The minimum absolute atomic E-state index is 0.116. The molecule has 0 aliphatic carbocycles. The highest BCUT2D eigenvalue weighted by molar-refractivity contribution is 6.05. The predicted octanol–water partition coefficient (Wildman–Crippen LogP) is 2.71. The smallest absolute Gasteiger partial charge is 0.240 e. The summed E-state index contributed by atoms with van der Waals surface area (Å²) in [6.45, 7) is 3.72. The first kappa shape index (κ1) is 17.7. The molecule has 0 aliphatic heterocycles. The summed E-state index contributed by atoms with van der Waals surface area (Å²) in [5, 5.41) is 6.68. The van der Waals surface area contributed by atoms with Gasteiger partial charge in [-0.1, -0.05) is 19.4 Å². The Bertz CT molecular complexity index is 541. The van der Waals surface area contributed by atoms with Crippen LogP contribution in [-0.4, -0.2) is 24.6 Å². The van der Waals surface area contributed by atoms with Gasteiger partial charge in [0.2, 0.25) is 11.8 Å². The van der Waals surface area contributed by atoms with Crippen LogP contribution in [-0.2, 0) is 9.59 Å². The first-order chi connectivity index (χ1) is 10.5. The summed E-state index contributed by atoms with van der Waals surface area (Å²) in [7, 11) is 1.57. The summed E-state index contributed by atoms with van der Waals surface area (Å²) in [6, 6.07) is 7.11. The molecular formula is C16H23N3O3. The molecule has 0 spiro atoms. The Morgan fingerprint density at radius 1 is 1.27 bits per heavy atom. The molecule has 2 amide bonds. The third kappa shape index (κ3) is 6.88.